The van der Waals surface area contributed by atoms with Gasteiger partial charge in [-0.2, -0.15) is 13.2 Å². The summed E-state index contributed by atoms with van der Waals surface area (Å²) in [7, 11) is 0. The maximum absolute atomic E-state index is 12.9. The van der Waals surface area contributed by atoms with Crippen molar-refractivity contribution in [3.8, 4) is 0 Å². The minimum Gasteiger partial charge on any atom is -0.381 e. The lowest BCUT2D eigenvalue weighted by atomic mass is 9.87. The van der Waals surface area contributed by atoms with Gasteiger partial charge >= 0.3 is 6.18 Å². The number of hydrogen-bond donors (Lipinski definition) is 1. The first-order valence-electron chi connectivity index (χ1n) is 6.50. The van der Waals surface area contributed by atoms with Gasteiger partial charge in [0, 0.05) is 6.04 Å². The zero-order chi connectivity index (χ0) is 14.0. The fraction of sp³-hybridized carbons (Fsp3) is 0.571. The summed E-state index contributed by atoms with van der Waals surface area (Å²) in [5.74, 6) is 0.659. The Kier molecular flexibility index (Phi) is 4.29. The van der Waals surface area contributed by atoms with E-state index in [1.165, 1.54) is 12.1 Å². The number of benzene rings is 1. The Morgan fingerprint density at radius 3 is 2.37 bits per heavy atom. The lowest BCUT2D eigenvalue weighted by Crippen LogP contribution is -2.26. The summed E-state index contributed by atoms with van der Waals surface area (Å²) in [6.45, 7) is 2.17. The molecule has 1 aliphatic rings. The molecule has 2 rings (SSSR count). The van der Waals surface area contributed by atoms with E-state index in [0.29, 0.717) is 5.92 Å². The molecule has 1 fully saturated rings. The number of rotatable bonds is 2. The molecule has 0 aromatic heterocycles. The minimum atomic E-state index is -4.38. The number of anilines is 1. The Balaban J connectivity index is 2.20. The predicted molar refractivity (Wildman–Crippen MR) is 71.5 cm³/mol. The molecule has 1 aromatic carbocycles. The second-order valence-corrected chi connectivity index (χ2v) is 5.67. The molecule has 1 N–H and O–H groups in total. The maximum Gasteiger partial charge on any atom is 0.418 e. The van der Waals surface area contributed by atoms with Gasteiger partial charge in [-0.3, -0.25) is 0 Å². The van der Waals surface area contributed by atoms with E-state index in [1.54, 1.807) is 0 Å². The standard InChI is InChI=1S/C14H17ClF3N/c1-9-5-7-10(8-6-9)19-13-11(14(16,17)18)3-2-4-12(13)15/h2-4,9-10,19H,5-8H2,1H3. The van der Waals surface area contributed by atoms with Gasteiger partial charge in [-0.25, -0.2) is 0 Å². The number of nitrogens with one attached hydrogen (secondary N) is 1. The van der Waals surface area contributed by atoms with Crippen molar-refractivity contribution in [2.24, 2.45) is 5.92 Å². The fourth-order valence-corrected chi connectivity index (χ4v) is 2.74. The Morgan fingerprint density at radius 2 is 1.79 bits per heavy atom. The van der Waals surface area contributed by atoms with Crippen LogP contribution in [0.5, 0.6) is 0 Å². The normalized spacial score (nSPS) is 24.3. The van der Waals surface area contributed by atoms with E-state index < -0.39 is 11.7 Å². The Morgan fingerprint density at radius 1 is 1.16 bits per heavy atom. The SMILES string of the molecule is CC1CCC(Nc2c(Cl)cccc2C(F)(F)F)CC1. The molecule has 0 radical (unpaired) electrons. The molecule has 0 aliphatic heterocycles. The average Bonchev–Trinajstić information content (AvgIpc) is 2.33. The van der Waals surface area contributed by atoms with Crippen LogP contribution in [-0.4, -0.2) is 6.04 Å². The molecular weight excluding hydrogens is 275 g/mol. The van der Waals surface area contributed by atoms with Gasteiger partial charge in [0.1, 0.15) is 0 Å². The van der Waals surface area contributed by atoms with Crippen LogP contribution in [0.15, 0.2) is 18.2 Å². The number of para-hydroxylation sites is 1. The minimum absolute atomic E-state index is 0.0243. The molecular formula is C14H17ClF3N. The zero-order valence-electron chi connectivity index (χ0n) is 10.7. The van der Waals surface area contributed by atoms with Crippen molar-refractivity contribution in [2.45, 2.75) is 44.8 Å². The second kappa shape index (κ2) is 5.61. The Hall–Kier alpha value is -0.900. The van der Waals surface area contributed by atoms with Gasteiger partial charge < -0.3 is 5.32 Å². The van der Waals surface area contributed by atoms with Gasteiger partial charge in [0.2, 0.25) is 0 Å². The van der Waals surface area contributed by atoms with Crippen LogP contribution in [0.2, 0.25) is 5.02 Å². The molecule has 1 aromatic rings. The fourth-order valence-electron chi connectivity index (χ4n) is 2.52. The van der Waals surface area contributed by atoms with E-state index in [4.69, 9.17) is 11.6 Å². The predicted octanol–water partition coefficient (Wildman–Crippen LogP) is 5.35. The molecule has 0 atom stereocenters. The van der Waals surface area contributed by atoms with Crippen LogP contribution in [0.4, 0.5) is 18.9 Å². The molecule has 5 heteroatoms. The van der Waals surface area contributed by atoms with E-state index in [1.807, 2.05) is 0 Å². The summed E-state index contributed by atoms with van der Waals surface area (Å²) < 4.78 is 38.8. The van der Waals surface area contributed by atoms with Crippen molar-refractivity contribution in [3.63, 3.8) is 0 Å². The molecule has 1 nitrogen and oxygen atoms in total. The highest BCUT2D eigenvalue weighted by atomic mass is 35.5. The van der Waals surface area contributed by atoms with E-state index in [9.17, 15) is 13.2 Å². The van der Waals surface area contributed by atoms with E-state index in [2.05, 4.69) is 12.2 Å². The first kappa shape index (κ1) is 14.5. The number of halogens is 4. The lowest BCUT2D eigenvalue weighted by Gasteiger charge is -2.29. The van der Waals surface area contributed by atoms with Crippen LogP contribution < -0.4 is 5.32 Å². The van der Waals surface area contributed by atoms with Gasteiger partial charge in [-0.1, -0.05) is 24.6 Å². The molecule has 0 amide bonds. The summed E-state index contributed by atoms with van der Waals surface area (Å²) in [5, 5.41) is 3.13. The molecule has 1 saturated carbocycles. The monoisotopic (exact) mass is 291 g/mol. The van der Waals surface area contributed by atoms with Gasteiger partial charge in [-0.05, 0) is 43.7 Å². The van der Waals surface area contributed by atoms with Gasteiger partial charge in [0.15, 0.2) is 0 Å². The summed E-state index contributed by atoms with van der Waals surface area (Å²) >= 11 is 5.92. The van der Waals surface area contributed by atoms with Crippen LogP contribution >= 0.6 is 11.6 Å². The van der Waals surface area contributed by atoms with Gasteiger partial charge in [0.25, 0.3) is 0 Å². The highest BCUT2D eigenvalue weighted by molar-refractivity contribution is 6.33. The van der Waals surface area contributed by atoms with Crippen LogP contribution in [0.3, 0.4) is 0 Å². The van der Waals surface area contributed by atoms with Crippen molar-refractivity contribution in [1.82, 2.24) is 0 Å². The smallest absolute Gasteiger partial charge is 0.381 e. The summed E-state index contributed by atoms with van der Waals surface area (Å²) in [6, 6.07) is 3.97. The highest BCUT2D eigenvalue weighted by Gasteiger charge is 2.35. The first-order valence-corrected chi connectivity index (χ1v) is 6.88. The van der Waals surface area contributed by atoms with Crippen molar-refractivity contribution < 1.29 is 13.2 Å². The third-order valence-corrected chi connectivity index (χ3v) is 4.00. The molecule has 0 saturated heterocycles. The van der Waals surface area contributed by atoms with Crippen LogP contribution in [0.1, 0.15) is 38.2 Å². The first-order chi connectivity index (χ1) is 8.88. The van der Waals surface area contributed by atoms with Crippen molar-refractivity contribution in [2.75, 3.05) is 5.32 Å². The van der Waals surface area contributed by atoms with Crippen molar-refractivity contribution >= 4 is 17.3 Å². The second-order valence-electron chi connectivity index (χ2n) is 5.26. The Bertz CT molecular complexity index is 437. The van der Waals surface area contributed by atoms with Gasteiger partial charge in [0.05, 0.1) is 16.3 Å². The molecule has 0 unspecified atom stereocenters. The van der Waals surface area contributed by atoms with Crippen LogP contribution in [0.25, 0.3) is 0 Å². The third kappa shape index (κ3) is 3.56. The van der Waals surface area contributed by atoms with E-state index in [-0.39, 0.29) is 16.8 Å². The summed E-state index contributed by atoms with van der Waals surface area (Å²) in [4.78, 5) is 0. The molecule has 0 bridgehead atoms. The molecule has 106 valence electrons. The maximum atomic E-state index is 12.9. The summed E-state index contributed by atoms with van der Waals surface area (Å²) in [5.41, 5.74) is -0.658. The average molecular weight is 292 g/mol. The molecule has 0 spiro atoms. The molecule has 0 heterocycles. The van der Waals surface area contributed by atoms with Crippen molar-refractivity contribution in [1.29, 1.82) is 0 Å². The lowest BCUT2D eigenvalue weighted by molar-refractivity contribution is -0.137. The number of hydrogen-bond acceptors (Lipinski definition) is 1. The highest BCUT2D eigenvalue weighted by Crippen LogP contribution is 2.39. The van der Waals surface area contributed by atoms with Gasteiger partial charge in [-0.15, -0.1) is 0 Å². The van der Waals surface area contributed by atoms with E-state index in [0.717, 1.165) is 31.7 Å². The third-order valence-electron chi connectivity index (χ3n) is 3.68. The number of alkyl halides is 3. The van der Waals surface area contributed by atoms with E-state index >= 15 is 0 Å². The van der Waals surface area contributed by atoms with Crippen molar-refractivity contribution in [3.05, 3.63) is 28.8 Å². The quantitative estimate of drug-likeness (QED) is 0.774. The van der Waals surface area contributed by atoms with Crippen LogP contribution in [-0.2, 0) is 6.18 Å². The topological polar surface area (TPSA) is 12.0 Å². The zero-order valence-corrected chi connectivity index (χ0v) is 11.5. The molecule has 1 aliphatic carbocycles. The largest absolute Gasteiger partial charge is 0.418 e. The Labute approximate surface area is 116 Å². The summed E-state index contributed by atoms with van der Waals surface area (Å²) in [6.07, 6.45) is -0.504. The van der Waals surface area contributed by atoms with Crippen LogP contribution in [0, 0.1) is 5.92 Å². The molecule has 19 heavy (non-hydrogen) atoms.